The van der Waals surface area contributed by atoms with E-state index in [1.807, 2.05) is 0 Å². The maximum atomic E-state index is 8.65. The first-order valence-electron chi connectivity index (χ1n) is 1.79. The van der Waals surface area contributed by atoms with Gasteiger partial charge in [-0.05, 0) is 0 Å². The third-order valence-corrected chi connectivity index (χ3v) is 0. The Balaban J connectivity index is -0.0000000270. The summed E-state index contributed by atoms with van der Waals surface area (Å²) < 4.78 is 0. The second kappa shape index (κ2) is 23.7. The van der Waals surface area contributed by atoms with Gasteiger partial charge in [0.25, 0.3) is 0 Å². The molecule has 0 unspecified atom stereocenters. The maximum absolute atomic E-state index is 8.65. The number of halogens is 3. The first-order chi connectivity index (χ1) is 5.20. The van der Waals surface area contributed by atoms with Crippen LogP contribution in [0.25, 0.3) is 0 Å². The Morgan fingerprint density at radius 3 is 0.714 bits per heavy atom. The molecule has 0 heterocycles. The predicted octanol–water partition coefficient (Wildman–Crippen LogP) is -4.67. The molecule has 0 aliphatic carbocycles. The van der Waals surface area contributed by atoms with E-state index in [1.165, 1.54) is 0 Å². The normalized spacial score (nSPS) is 5.36. The second-order valence-corrected chi connectivity index (χ2v) is 1.64. The third-order valence-electron chi connectivity index (χ3n) is 0. The van der Waals surface area contributed by atoms with E-state index in [9.17, 15) is 0 Å². The summed E-state index contributed by atoms with van der Waals surface area (Å²) in [6.07, 6.45) is 0. The molecule has 0 atom stereocenters. The molecule has 0 aromatic heterocycles. The molecule has 0 aliphatic heterocycles. The van der Waals surface area contributed by atoms with Crippen molar-refractivity contribution < 1.29 is 59.3 Å². The molecule has 0 bridgehead atoms. The SMILES string of the molecule is O=C([O-])Cl.O=C([O-])Cl.O=C([O-])Cl.[Mg+2].[Na+]. The first kappa shape index (κ1) is 29.4. The third kappa shape index (κ3) is 1730. The van der Waals surface area contributed by atoms with Crippen LogP contribution in [0.3, 0.4) is 0 Å². The molecule has 0 N–H and O–H groups in total. The van der Waals surface area contributed by atoms with E-state index in [4.69, 9.17) is 29.7 Å². The Bertz CT molecular complexity index is 126. The Labute approximate surface area is 132 Å². The van der Waals surface area contributed by atoms with Gasteiger partial charge in [0, 0.05) is 0 Å². The molecule has 0 spiro atoms. The van der Waals surface area contributed by atoms with Crippen molar-refractivity contribution in [2.45, 2.75) is 0 Å². The van der Waals surface area contributed by atoms with Gasteiger partial charge >= 0.3 is 52.6 Å². The van der Waals surface area contributed by atoms with Crippen LogP contribution in [0.15, 0.2) is 0 Å². The number of hydrogen-bond donors (Lipinski definition) is 0. The Morgan fingerprint density at radius 2 is 0.714 bits per heavy atom. The molecule has 11 heteroatoms. The van der Waals surface area contributed by atoms with Crippen LogP contribution in [-0.2, 0) is 0 Å². The smallest absolute Gasteiger partial charge is 0.534 e. The summed E-state index contributed by atoms with van der Waals surface area (Å²) in [6.45, 7) is 0. The van der Waals surface area contributed by atoms with E-state index in [2.05, 4.69) is 34.8 Å². The fourth-order valence-corrected chi connectivity index (χ4v) is 0. The Hall–Kier alpha value is 1.05. The average Bonchev–Trinajstić information content (AvgIpc) is 1.54. The standard InChI is InChI=1S/3CHClO2.Mg.Na/c3*2-1(3)4;;/h3*(H,3,4);;/q;;;+2;+1/p-3. The molecule has 0 radical (unpaired) electrons. The topological polar surface area (TPSA) is 120 Å². The Kier molecular flexibility index (Phi) is 49.8. The largest absolute Gasteiger partial charge is 2.00 e. The zero-order chi connectivity index (χ0) is 10.7. The minimum atomic E-state index is -1.61. The van der Waals surface area contributed by atoms with Crippen LogP contribution >= 0.6 is 34.8 Å². The van der Waals surface area contributed by atoms with Crippen LogP contribution in [0.4, 0.5) is 14.4 Å². The van der Waals surface area contributed by atoms with Gasteiger partial charge in [-0.25, -0.2) is 0 Å². The van der Waals surface area contributed by atoms with Gasteiger partial charge in [0.2, 0.25) is 0 Å². The summed E-state index contributed by atoms with van der Waals surface area (Å²) >= 11 is 12.2. The molecule has 0 aliphatic rings. The summed E-state index contributed by atoms with van der Waals surface area (Å²) in [5.41, 5.74) is -4.83. The molecular formula is C3Cl3MgNaO6. The second-order valence-electron chi connectivity index (χ2n) is 0.713. The van der Waals surface area contributed by atoms with Crippen LogP contribution in [0.5, 0.6) is 0 Å². The summed E-state index contributed by atoms with van der Waals surface area (Å²) in [5, 5.41) is 26.0. The van der Waals surface area contributed by atoms with Crippen LogP contribution in [-0.4, -0.2) is 39.3 Å². The molecule has 14 heavy (non-hydrogen) atoms. The zero-order valence-corrected chi connectivity index (χ0v) is 12.5. The number of hydrogen-bond acceptors (Lipinski definition) is 6. The zero-order valence-electron chi connectivity index (χ0n) is 6.79. The number of rotatable bonds is 0. The minimum Gasteiger partial charge on any atom is -0.534 e. The van der Waals surface area contributed by atoms with Crippen molar-refractivity contribution in [3.8, 4) is 0 Å². The number of carboxylic acid groups (broad SMARTS) is 3. The fraction of sp³-hybridized carbons (Fsp3) is 0. The molecule has 6 nitrogen and oxygen atoms in total. The van der Waals surface area contributed by atoms with E-state index in [0.29, 0.717) is 0 Å². The number of carbonyl (C=O) groups excluding carboxylic acids is 3. The quantitative estimate of drug-likeness (QED) is 0.326. The van der Waals surface area contributed by atoms with Gasteiger partial charge in [-0.1, -0.05) is 34.8 Å². The molecule has 0 rings (SSSR count). The van der Waals surface area contributed by atoms with Crippen molar-refractivity contribution in [3.63, 3.8) is 0 Å². The van der Waals surface area contributed by atoms with Gasteiger partial charge in [0.1, 0.15) is 16.3 Å². The Morgan fingerprint density at radius 1 is 0.714 bits per heavy atom. The molecule has 0 saturated heterocycles. The average molecular weight is 286 g/mol. The molecule has 0 fully saturated rings. The van der Waals surface area contributed by atoms with Crippen molar-refractivity contribution in [2.75, 3.05) is 0 Å². The fourth-order valence-electron chi connectivity index (χ4n) is 0. The van der Waals surface area contributed by atoms with Crippen LogP contribution < -0.4 is 44.9 Å². The van der Waals surface area contributed by atoms with Crippen molar-refractivity contribution in [3.05, 3.63) is 0 Å². The van der Waals surface area contributed by atoms with E-state index in [0.717, 1.165) is 0 Å². The van der Waals surface area contributed by atoms with Gasteiger partial charge < -0.3 is 29.7 Å². The van der Waals surface area contributed by atoms with E-state index >= 15 is 0 Å². The summed E-state index contributed by atoms with van der Waals surface area (Å²) in [4.78, 5) is 26.0. The summed E-state index contributed by atoms with van der Waals surface area (Å²) in [7, 11) is 0. The molecular weight excluding hydrogens is 286 g/mol. The predicted molar refractivity (Wildman–Crippen MR) is 39.5 cm³/mol. The van der Waals surface area contributed by atoms with Crippen molar-refractivity contribution >= 4 is 74.1 Å². The van der Waals surface area contributed by atoms with Gasteiger partial charge in [-0.3, -0.25) is 0 Å². The molecule has 0 aromatic carbocycles. The number of carbonyl (C=O) groups is 3. The van der Waals surface area contributed by atoms with Crippen LogP contribution in [0, 0.1) is 0 Å². The first-order valence-corrected chi connectivity index (χ1v) is 2.93. The van der Waals surface area contributed by atoms with Crippen LogP contribution in [0.1, 0.15) is 0 Å². The maximum Gasteiger partial charge on any atom is 2.00 e. The van der Waals surface area contributed by atoms with E-state index in [-0.39, 0.29) is 52.6 Å². The van der Waals surface area contributed by atoms with Gasteiger partial charge in [-0.2, -0.15) is 0 Å². The van der Waals surface area contributed by atoms with E-state index in [1.54, 1.807) is 0 Å². The van der Waals surface area contributed by atoms with Gasteiger partial charge in [-0.15, -0.1) is 0 Å². The van der Waals surface area contributed by atoms with Gasteiger partial charge in [0.15, 0.2) is 0 Å². The van der Waals surface area contributed by atoms with Crippen LogP contribution in [0.2, 0.25) is 0 Å². The minimum absolute atomic E-state index is 0. The van der Waals surface area contributed by atoms with Gasteiger partial charge in [0.05, 0.1) is 0 Å². The summed E-state index contributed by atoms with van der Waals surface area (Å²) in [6, 6.07) is 0. The van der Waals surface area contributed by atoms with Crippen molar-refractivity contribution in [2.24, 2.45) is 0 Å². The van der Waals surface area contributed by atoms with Crippen molar-refractivity contribution in [1.29, 1.82) is 0 Å². The summed E-state index contributed by atoms with van der Waals surface area (Å²) in [5.74, 6) is 0. The molecule has 72 valence electrons. The monoisotopic (exact) mass is 284 g/mol. The molecule has 0 aromatic rings. The van der Waals surface area contributed by atoms with Crippen molar-refractivity contribution in [1.82, 2.24) is 0 Å². The molecule has 0 amide bonds. The molecule has 0 saturated carbocycles. The van der Waals surface area contributed by atoms with E-state index < -0.39 is 16.3 Å².